The van der Waals surface area contributed by atoms with Gasteiger partial charge in [0.2, 0.25) is 0 Å². The summed E-state index contributed by atoms with van der Waals surface area (Å²) in [6.07, 6.45) is 6.23. The quantitative estimate of drug-likeness (QED) is 0.701. The highest BCUT2D eigenvalue weighted by Crippen LogP contribution is 2.35. The molecule has 4 nitrogen and oxygen atoms in total. The standard InChI is InChI=1S/C11H14N4/c1-11(2)5-3-8-9(7-11)15-10(14-13-8)4-6-12-15/h4,6-7,14H,3,5H2,1-2H3. The van der Waals surface area contributed by atoms with Crippen LogP contribution in [0.15, 0.2) is 23.4 Å². The maximum absolute atomic E-state index is 4.37. The van der Waals surface area contributed by atoms with Crippen LogP contribution in [0, 0.1) is 5.41 Å². The smallest absolute Gasteiger partial charge is 0.150 e. The zero-order valence-corrected chi connectivity index (χ0v) is 8.99. The molecule has 0 fully saturated rings. The van der Waals surface area contributed by atoms with Crippen molar-refractivity contribution < 1.29 is 0 Å². The van der Waals surface area contributed by atoms with E-state index in [4.69, 9.17) is 0 Å². The highest BCUT2D eigenvalue weighted by Gasteiger charge is 2.28. The van der Waals surface area contributed by atoms with E-state index in [1.165, 1.54) is 0 Å². The van der Waals surface area contributed by atoms with Crippen LogP contribution in [-0.2, 0) is 0 Å². The molecule has 1 aliphatic carbocycles. The lowest BCUT2D eigenvalue weighted by Gasteiger charge is -2.30. The molecule has 4 heteroatoms. The van der Waals surface area contributed by atoms with E-state index in [2.05, 4.69) is 35.5 Å². The van der Waals surface area contributed by atoms with Crippen molar-refractivity contribution in [1.29, 1.82) is 0 Å². The van der Waals surface area contributed by atoms with Crippen molar-refractivity contribution in [2.45, 2.75) is 26.7 Å². The Bertz CT molecular complexity index is 465. The number of anilines is 1. The van der Waals surface area contributed by atoms with Crippen molar-refractivity contribution in [2.24, 2.45) is 10.5 Å². The minimum Gasteiger partial charge on any atom is -0.261 e. The van der Waals surface area contributed by atoms with E-state index in [-0.39, 0.29) is 5.41 Å². The summed E-state index contributed by atoms with van der Waals surface area (Å²) in [7, 11) is 0. The Labute approximate surface area is 88.7 Å². The SMILES string of the molecule is CC1(C)C=C2C(=NNc3ccnn32)CC1. The molecule has 0 radical (unpaired) electrons. The molecule has 0 amide bonds. The van der Waals surface area contributed by atoms with Crippen molar-refractivity contribution in [1.82, 2.24) is 9.78 Å². The maximum Gasteiger partial charge on any atom is 0.150 e. The number of hydrazone groups is 1. The monoisotopic (exact) mass is 202 g/mol. The number of hydrogen-bond acceptors (Lipinski definition) is 3. The van der Waals surface area contributed by atoms with Gasteiger partial charge in [-0.2, -0.15) is 10.2 Å². The zero-order valence-electron chi connectivity index (χ0n) is 8.99. The van der Waals surface area contributed by atoms with Crippen molar-refractivity contribution in [2.75, 3.05) is 5.43 Å². The van der Waals surface area contributed by atoms with Gasteiger partial charge in [0.1, 0.15) is 5.82 Å². The van der Waals surface area contributed by atoms with Crippen molar-refractivity contribution in [3.05, 3.63) is 18.3 Å². The molecule has 3 rings (SSSR count). The molecule has 0 unspecified atom stereocenters. The molecule has 15 heavy (non-hydrogen) atoms. The van der Waals surface area contributed by atoms with E-state index in [0.29, 0.717) is 0 Å². The summed E-state index contributed by atoms with van der Waals surface area (Å²) in [6.45, 7) is 4.50. The van der Waals surface area contributed by atoms with E-state index in [1.54, 1.807) is 6.20 Å². The van der Waals surface area contributed by atoms with Gasteiger partial charge in [-0.15, -0.1) is 0 Å². The summed E-state index contributed by atoms with van der Waals surface area (Å²) in [5.41, 5.74) is 5.52. The normalized spacial score (nSPS) is 22.0. The number of fused-ring (bicyclic) bond motifs is 3. The Kier molecular flexibility index (Phi) is 1.58. The van der Waals surface area contributed by atoms with Crippen molar-refractivity contribution >= 4 is 17.2 Å². The van der Waals surface area contributed by atoms with Gasteiger partial charge in [-0.3, -0.25) is 5.43 Å². The fraction of sp³-hybridized carbons (Fsp3) is 0.455. The molecule has 1 N–H and O–H groups in total. The summed E-state index contributed by atoms with van der Waals surface area (Å²) in [6, 6.07) is 1.93. The third-order valence-corrected chi connectivity index (χ3v) is 3.01. The first kappa shape index (κ1) is 8.71. The second-order valence-electron chi connectivity index (χ2n) is 4.82. The van der Waals surface area contributed by atoms with Gasteiger partial charge in [0, 0.05) is 6.07 Å². The lowest BCUT2D eigenvalue weighted by molar-refractivity contribution is 0.440. The van der Waals surface area contributed by atoms with E-state index < -0.39 is 0 Å². The van der Waals surface area contributed by atoms with Gasteiger partial charge in [-0.1, -0.05) is 19.9 Å². The Balaban J connectivity index is 2.16. The molecule has 1 aromatic rings. The molecule has 0 atom stereocenters. The first-order valence-corrected chi connectivity index (χ1v) is 5.26. The molecule has 0 aromatic carbocycles. The number of nitrogens with zero attached hydrogens (tertiary/aromatic N) is 3. The average Bonchev–Trinajstić information content (AvgIpc) is 2.64. The van der Waals surface area contributed by atoms with Gasteiger partial charge in [0.15, 0.2) is 0 Å². The highest BCUT2D eigenvalue weighted by atomic mass is 15.4. The van der Waals surface area contributed by atoms with E-state index in [0.717, 1.165) is 30.1 Å². The number of allylic oxidation sites excluding steroid dienone is 2. The lowest BCUT2D eigenvalue weighted by atomic mass is 9.81. The average molecular weight is 202 g/mol. The molecule has 0 saturated carbocycles. The summed E-state index contributed by atoms with van der Waals surface area (Å²) in [4.78, 5) is 0. The second kappa shape index (κ2) is 2.72. The Morgan fingerprint density at radius 3 is 3.20 bits per heavy atom. The number of rotatable bonds is 0. The van der Waals surface area contributed by atoms with Crippen LogP contribution in [0.1, 0.15) is 26.7 Å². The second-order valence-corrected chi connectivity index (χ2v) is 4.82. The van der Waals surface area contributed by atoms with Gasteiger partial charge >= 0.3 is 0 Å². The molecule has 1 aromatic heterocycles. The van der Waals surface area contributed by atoms with E-state index in [1.807, 2.05) is 10.7 Å². The van der Waals surface area contributed by atoms with Crippen LogP contribution in [0.5, 0.6) is 0 Å². The molecule has 0 spiro atoms. The molecule has 0 bridgehead atoms. The van der Waals surface area contributed by atoms with Gasteiger partial charge < -0.3 is 0 Å². The van der Waals surface area contributed by atoms with Crippen LogP contribution >= 0.6 is 0 Å². The van der Waals surface area contributed by atoms with Gasteiger partial charge in [0.05, 0.1) is 17.6 Å². The largest absolute Gasteiger partial charge is 0.261 e. The van der Waals surface area contributed by atoms with Crippen LogP contribution in [0.2, 0.25) is 0 Å². The van der Waals surface area contributed by atoms with Crippen LogP contribution in [0.3, 0.4) is 0 Å². The lowest BCUT2D eigenvalue weighted by Crippen LogP contribution is -2.26. The third kappa shape index (κ3) is 1.28. The molecule has 0 saturated heterocycles. The Morgan fingerprint density at radius 1 is 1.47 bits per heavy atom. The minimum absolute atomic E-state index is 0.245. The minimum atomic E-state index is 0.245. The predicted octanol–water partition coefficient (Wildman–Crippen LogP) is 2.33. The van der Waals surface area contributed by atoms with Gasteiger partial charge in [-0.05, 0) is 18.3 Å². The topological polar surface area (TPSA) is 42.2 Å². The fourth-order valence-electron chi connectivity index (χ4n) is 2.10. The maximum atomic E-state index is 4.37. The van der Waals surface area contributed by atoms with E-state index in [9.17, 15) is 0 Å². The zero-order chi connectivity index (χ0) is 10.5. The van der Waals surface area contributed by atoms with E-state index >= 15 is 0 Å². The van der Waals surface area contributed by atoms with Crippen molar-refractivity contribution in [3.8, 4) is 0 Å². The van der Waals surface area contributed by atoms with Gasteiger partial charge in [-0.25, -0.2) is 4.68 Å². The Hall–Kier alpha value is -1.58. The summed E-state index contributed by atoms with van der Waals surface area (Å²) in [5.74, 6) is 0.947. The first-order valence-electron chi connectivity index (χ1n) is 5.26. The highest BCUT2D eigenvalue weighted by molar-refractivity contribution is 6.20. The van der Waals surface area contributed by atoms with Crippen LogP contribution in [0.25, 0.3) is 5.70 Å². The fourth-order valence-corrected chi connectivity index (χ4v) is 2.10. The Morgan fingerprint density at radius 2 is 2.33 bits per heavy atom. The summed E-state index contributed by atoms with van der Waals surface area (Å²) < 4.78 is 1.93. The van der Waals surface area contributed by atoms with Crippen LogP contribution < -0.4 is 5.43 Å². The molecular formula is C11H14N4. The summed E-state index contributed by atoms with van der Waals surface area (Å²) in [5, 5.41) is 8.68. The summed E-state index contributed by atoms with van der Waals surface area (Å²) >= 11 is 0. The van der Waals surface area contributed by atoms with Crippen LogP contribution in [-0.4, -0.2) is 15.5 Å². The molecule has 2 heterocycles. The van der Waals surface area contributed by atoms with Gasteiger partial charge in [0.25, 0.3) is 0 Å². The first-order chi connectivity index (χ1) is 7.16. The molecule has 2 aliphatic rings. The molecule has 78 valence electrons. The van der Waals surface area contributed by atoms with Crippen molar-refractivity contribution in [3.63, 3.8) is 0 Å². The number of hydrogen-bond donors (Lipinski definition) is 1. The predicted molar refractivity (Wildman–Crippen MR) is 60.6 cm³/mol. The molecule has 1 aliphatic heterocycles. The number of nitrogens with one attached hydrogen (secondary N) is 1. The molecular weight excluding hydrogens is 188 g/mol. The third-order valence-electron chi connectivity index (χ3n) is 3.01. The van der Waals surface area contributed by atoms with Crippen LogP contribution in [0.4, 0.5) is 5.82 Å². The number of aromatic nitrogens is 2.